The first-order chi connectivity index (χ1) is 10.2. The Morgan fingerprint density at radius 3 is 2.36 bits per heavy atom. The van der Waals surface area contributed by atoms with Crippen LogP contribution < -0.4 is 15.8 Å². The second kappa shape index (κ2) is 7.65. The molecule has 0 aliphatic rings. The molecule has 1 rings (SSSR count). The van der Waals surface area contributed by atoms with E-state index < -0.39 is 23.7 Å². The highest BCUT2D eigenvalue weighted by Gasteiger charge is 2.15. The Morgan fingerprint density at radius 1 is 1.27 bits per heavy atom. The van der Waals surface area contributed by atoms with Crippen LogP contribution in [-0.2, 0) is 9.53 Å². The number of carboxylic acids is 1. The summed E-state index contributed by atoms with van der Waals surface area (Å²) in [6.07, 6.45) is -0.501. The predicted octanol–water partition coefficient (Wildman–Crippen LogP) is 1.67. The lowest BCUT2D eigenvalue weighted by Crippen LogP contribution is -2.34. The number of carbonyl (C=O) groups is 2. The summed E-state index contributed by atoms with van der Waals surface area (Å²) in [5, 5.41) is 11.4. The molecule has 0 saturated carbocycles. The Hall–Kier alpha value is -2.28. The summed E-state index contributed by atoms with van der Waals surface area (Å²) in [6, 6.07) is 5.39. The number of nitrogens with two attached hydrogens (primary N) is 1. The number of nitrogens with one attached hydrogen (secondary N) is 1. The van der Waals surface area contributed by atoms with Gasteiger partial charge >= 0.3 is 12.1 Å². The van der Waals surface area contributed by atoms with Crippen molar-refractivity contribution in [3.05, 3.63) is 29.8 Å². The van der Waals surface area contributed by atoms with E-state index in [4.69, 9.17) is 20.3 Å². The average Bonchev–Trinajstić information content (AvgIpc) is 2.41. The molecule has 0 aliphatic carbocycles. The van der Waals surface area contributed by atoms with Crippen molar-refractivity contribution in [2.45, 2.75) is 32.4 Å². The quantitative estimate of drug-likeness (QED) is 0.689. The zero-order valence-corrected chi connectivity index (χ0v) is 13.0. The Balaban J connectivity index is 2.34. The zero-order chi connectivity index (χ0) is 16.8. The van der Waals surface area contributed by atoms with Gasteiger partial charge in [0.05, 0.1) is 6.54 Å². The summed E-state index contributed by atoms with van der Waals surface area (Å²) in [7, 11) is 0. The average molecular weight is 310 g/mol. The van der Waals surface area contributed by atoms with Gasteiger partial charge in [0.25, 0.3) is 0 Å². The molecule has 0 heterocycles. The number of amides is 1. The van der Waals surface area contributed by atoms with Crippen molar-refractivity contribution in [3.63, 3.8) is 0 Å². The second-order valence-electron chi connectivity index (χ2n) is 5.66. The van der Waals surface area contributed by atoms with Crippen molar-refractivity contribution in [2.24, 2.45) is 5.73 Å². The van der Waals surface area contributed by atoms with Crippen molar-refractivity contribution in [1.82, 2.24) is 5.32 Å². The molecule has 0 bridgehead atoms. The van der Waals surface area contributed by atoms with Crippen LogP contribution in [0.25, 0.3) is 0 Å². The van der Waals surface area contributed by atoms with Crippen LogP contribution in [0, 0.1) is 0 Å². The van der Waals surface area contributed by atoms with Crippen LogP contribution in [0.3, 0.4) is 0 Å². The molecule has 1 aromatic carbocycles. The van der Waals surface area contributed by atoms with Crippen LogP contribution in [0.5, 0.6) is 5.75 Å². The molecule has 22 heavy (non-hydrogen) atoms. The smallest absolute Gasteiger partial charge is 0.407 e. The van der Waals surface area contributed by atoms with Crippen LogP contribution in [0.2, 0.25) is 0 Å². The zero-order valence-electron chi connectivity index (χ0n) is 13.0. The molecule has 1 atom stereocenters. The van der Waals surface area contributed by atoms with Crippen molar-refractivity contribution in [2.75, 3.05) is 13.2 Å². The summed E-state index contributed by atoms with van der Waals surface area (Å²) in [4.78, 5) is 22.1. The number of alkyl carbamates (subject to hydrolysis) is 1. The van der Waals surface area contributed by atoms with E-state index in [0.29, 0.717) is 17.9 Å². The summed E-state index contributed by atoms with van der Waals surface area (Å²) >= 11 is 0. The molecule has 1 amide bonds. The van der Waals surface area contributed by atoms with Gasteiger partial charge in [-0.05, 0) is 38.5 Å². The van der Waals surface area contributed by atoms with E-state index in [1.165, 1.54) is 0 Å². The van der Waals surface area contributed by atoms with Gasteiger partial charge in [-0.3, -0.25) is 4.79 Å². The standard InChI is InChI=1S/C15H22N2O5/c1-15(2,3)22-14(20)17-8-9-21-11-6-4-10(5-7-11)12(16)13(18)19/h4-7,12H,8-9,16H2,1-3H3,(H,17,20)(H,18,19)/t12-/m1/s1. The van der Waals surface area contributed by atoms with Gasteiger partial charge in [0.2, 0.25) is 0 Å². The molecule has 4 N–H and O–H groups in total. The second-order valence-corrected chi connectivity index (χ2v) is 5.66. The highest BCUT2D eigenvalue weighted by Crippen LogP contribution is 2.16. The fraction of sp³-hybridized carbons (Fsp3) is 0.467. The minimum absolute atomic E-state index is 0.267. The van der Waals surface area contributed by atoms with Gasteiger partial charge in [0.15, 0.2) is 0 Å². The normalized spacial score (nSPS) is 12.4. The molecule has 0 radical (unpaired) electrons. The lowest BCUT2D eigenvalue weighted by atomic mass is 10.1. The molecule has 0 saturated heterocycles. The Kier molecular flexibility index (Phi) is 6.18. The van der Waals surface area contributed by atoms with E-state index >= 15 is 0 Å². The number of hydrogen-bond acceptors (Lipinski definition) is 5. The molecule has 0 unspecified atom stereocenters. The van der Waals surface area contributed by atoms with Crippen molar-refractivity contribution in [1.29, 1.82) is 0 Å². The van der Waals surface area contributed by atoms with Crippen molar-refractivity contribution < 1.29 is 24.2 Å². The first-order valence-corrected chi connectivity index (χ1v) is 6.87. The molecule has 122 valence electrons. The van der Waals surface area contributed by atoms with Crippen molar-refractivity contribution in [3.8, 4) is 5.75 Å². The number of carbonyl (C=O) groups excluding carboxylic acids is 1. The third-order valence-corrected chi connectivity index (χ3v) is 2.54. The van der Waals surface area contributed by atoms with Gasteiger partial charge < -0.3 is 25.6 Å². The SMILES string of the molecule is CC(C)(C)OC(=O)NCCOc1ccc([C@@H](N)C(=O)O)cc1. The molecule has 0 aromatic heterocycles. The maximum Gasteiger partial charge on any atom is 0.407 e. The maximum atomic E-state index is 11.4. The maximum absolute atomic E-state index is 11.4. The van der Waals surface area contributed by atoms with Crippen LogP contribution in [-0.4, -0.2) is 35.9 Å². The van der Waals surface area contributed by atoms with E-state index in [0.717, 1.165) is 0 Å². The third-order valence-electron chi connectivity index (χ3n) is 2.54. The van der Waals surface area contributed by atoms with E-state index in [1.807, 2.05) is 0 Å². The predicted molar refractivity (Wildman–Crippen MR) is 80.7 cm³/mol. The van der Waals surface area contributed by atoms with Gasteiger partial charge in [-0.15, -0.1) is 0 Å². The summed E-state index contributed by atoms with van der Waals surface area (Å²) < 4.78 is 10.5. The molecule has 7 nitrogen and oxygen atoms in total. The molecule has 0 spiro atoms. The molecular formula is C15H22N2O5. The minimum Gasteiger partial charge on any atom is -0.492 e. The van der Waals surface area contributed by atoms with E-state index in [9.17, 15) is 9.59 Å². The van der Waals surface area contributed by atoms with Crippen molar-refractivity contribution >= 4 is 12.1 Å². The van der Waals surface area contributed by atoms with Gasteiger partial charge in [-0.1, -0.05) is 12.1 Å². The van der Waals surface area contributed by atoms with Gasteiger partial charge in [-0.25, -0.2) is 4.79 Å². The van der Waals surface area contributed by atoms with Gasteiger partial charge in [0, 0.05) is 0 Å². The number of benzene rings is 1. The first kappa shape index (κ1) is 17.8. The Labute approximate surface area is 129 Å². The fourth-order valence-electron chi connectivity index (χ4n) is 1.55. The lowest BCUT2D eigenvalue weighted by Gasteiger charge is -2.19. The van der Waals surface area contributed by atoms with Crippen LogP contribution >= 0.6 is 0 Å². The van der Waals surface area contributed by atoms with E-state index in [2.05, 4.69) is 5.32 Å². The van der Waals surface area contributed by atoms with Crippen LogP contribution in [0.1, 0.15) is 32.4 Å². The van der Waals surface area contributed by atoms with Crippen LogP contribution in [0.4, 0.5) is 4.79 Å². The number of carboxylic acid groups (broad SMARTS) is 1. The number of aliphatic carboxylic acids is 1. The summed E-state index contributed by atoms with van der Waals surface area (Å²) in [5.41, 5.74) is 5.45. The molecule has 0 aliphatic heterocycles. The molecular weight excluding hydrogens is 288 g/mol. The first-order valence-electron chi connectivity index (χ1n) is 6.87. The fourth-order valence-corrected chi connectivity index (χ4v) is 1.55. The van der Waals surface area contributed by atoms with E-state index in [1.54, 1.807) is 45.0 Å². The van der Waals surface area contributed by atoms with E-state index in [-0.39, 0.29) is 6.61 Å². The molecule has 1 aromatic rings. The highest BCUT2D eigenvalue weighted by molar-refractivity contribution is 5.75. The molecule has 0 fully saturated rings. The number of hydrogen-bond donors (Lipinski definition) is 3. The lowest BCUT2D eigenvalue weighted by molar-refractivity contribution is -0.138. The highest BCUT2D eigenvalue weighted by atomic mass is 16.6. The van der Waals surface area contributed by atoms with Crippen LogP contribution in [0.15, 0.2) is 24.3 Å². The summed E-state index contributed by atoms with van der Waals surface area (Å²) in [5.74, 6) is -0.525. The largest absolute Gasteiger partial charge is 0.492 e. The van der Waals surface area contributed by atoms with Gasteiger partial charge in [-0.2, -0.15) is 0 Å². The Bertz CT molecular complexity index is 508. The van der Waals surface area contributed by atoms with Gasteiger partial charge in [0.1, 0.15) is 24.0 Å². The topological polar surface area (TPSA) is 111 Å². The monoisotopic (exact) mass is 310 g/mol. The Morgan fingerprint density at radius 2 is 1.86 bits per heavy atom. The summed E-state index contributed by atoms with van der Waals surface area (Å²) in [6.45, 7) is 5.92. The number of ether oxygens (including phenoxy) is 2. The minimum atomic E-state index is -1.09. The third kappa shape index (κ3) is 6.45. The number of rotatable bonds is 6. The molecule has 7 heteroatoms.